The van der Waals surface area contributed by atoms with Crippen molar-refractivity contribution in [3.8, 4) is 5.75 Å². The highest BCUT2D eigenvalue weighted by atomic mass is 32.1. The van der Waals surface area contributed by atoms with Crippen molar-refractivity contribution >= 4 is 12.6 Å². The average Bonchev–Trinajstić information content (AvgIpc) is 2.30. The molecule has 0 bridgehead atoms. The molecule has 0 aromatic heterocycles. The van der Waals surface area contributed by atoms with Gasteiger partial charge in [0.05, 0.1) is 7.11 Å². The molecule has 0 fully saturated rings. The van der Waals surface area contributed by atoms with Crippen molar-refractivity contribution in [2.24, 2.45) is 0 Å². The molecule has 2 nitrogen and oxygen atoms in total. The summed E-state index contributed by atoms with van der Waals surface area (Å²) in [6, 6.07) is 6.61. The maximum atomic E-state index is 5.39. The van der Waals surface area contributed by atoms with Gasteiger partial charge in [-0.2, -0.15) is 12.6 Å². The van der Waals surface area contributed by atoms with Crippen molar-refractivity contribution in [3.05, 3.63) is 29.3 Å². The molecule has 0 amide bonds. The summed E-state index contributed by atoms with van der Waals surface area (Å²) >= 11 is 4.36. The molecule has 1 unspecified atom stereocenters. The zero-order valence-electron chi connectivity index (χ0n) is 10.4. The van der Waals surface area contributed by atoms with Crippen molar-refractivity contribution in [2.45, 2.75) is 25.8 Å². The quantitative estimate of drug-likeness (QED) is 0.771. The van der Waals surface area contributed by atoms with Gasteiger partial charge in [-0.05, 0) is 24.6 Å². The van der Waals surface area contributed by atoms with Crippen LogP contribution in [-0.4, -0.2) is 19.9 Å². The molecule has 0 spiro atoms. The van der Waals surface area contributed by atoms with E-state index in [1.807, 2.05) is 13.1 Å². The van der Waals surface area contributed by atoms with Crippen LogP contribution in [0.15, 0.2) is 18.2 Å². The maximum absolute atomic E-state index is 5.39. The Labute approximate surface area is 104 Å². The van der Waals surface area contributed by atoms with Gasteiger partial charge in [0.15, 0.2) is 0 Å². The second kappa shape index (κ2) is 6.16. The summed E-state index contributed by atoms with van der Waals surface area (Å²) < 4.78 is 5.39. The van der Waals surface area contributed by atoms with Crippen molar-refractivity contribution in [3.63, 3.8) is 0 Å². The standard InChI is InChI=1S/C13H21NOS/c1-9(2)10-5-6-13(15-4)11(7-10)12(8-16)14-3/h5-7,9,12,14,16H,8H2,1-4H3. The fourth-order valence-electron chi connectivity index (χ4n) is 1.73. The first-order valence-corrected chi connectivity index (χ1v) is 6.23. The summed E-state index contributed by atoms with van der Waals surface area (Å²) in [5.74, 6) is 2.22. The van der Waals surface area contributed by atoms with E-state index in [-0.39, 0.29) is 6.04 Å². The Kier molecular flexibility index (Phi) is 5.16. The van der Waals surface area contributed by atoms with Gasteiger partial charge in [-0.3, -0.25) is 0 Å². The second-order valence-electron chi connectivity index (χ2n) is 4.18. The van der Waals surface area contributed by atoms with Crippen LogP contribution < -0.4 is 10.1 Å². The Morgan fingerprint density at radius 2 is 2.06 bits per heavy atom. The molecule has 1 rings (SSSR count). The average molecular weight is 239 g/mol. The van der Waals surface area contributed by atoms with E-state index >= 15 is 0 Å². The Balaban J connectivity index is 3.15. The first-order valence-electron chi connectivity index (χ1n) is 5.60. The number of ether oxygens (including phenoxy) is 1. The topological polar surface area (TPSA) is 21.3 Å². The van der Waals surface area contributed by atoms with E-state index in [1.165, 1.54) is 11.1 Å². The van der Waals surface area contributed by atoms with E-state index < -0.39 is 0 Å². The van der Waals surface area contributed by atoms with Gasteiger partial charge in [0.1, 0.15) is 5.75 Å². The van der Waals surface area contributed by atoms with Crippen LogP contribution in [-0.2, 0) is 0 Å². The summed E-state index contributed by atoms with van der Waals surface area (Å²) in [4.78, 5) is 0. The van der Waals surface area contributed by atoms with Gasteiger partial charge < -0.3 is 10.1 Å². The largest absolute Gasteiger partial charge is 0.496 e. The van der Waals surface area contributed by atoms with Gasteiger partial charge in [0.25, 0.3) is 0 Å². The molecule has 90 valence electrons. The Bertz CT molecular complexity index is 335. The van der Waals surface area contributed by atoms with Crippen LogP contribution in [0.1, 0.15) is 36.9 Å². The van der Waals surface area contributed by atoms with Crippen LogP contribution >= 0.6 is 12.6 Å². The first-order chi connectivity index (χ1) is 7.63. The SMILES string of the molecule is CNC(CS)c1cc(C(C)C)ccc1OC. The highest BCUT2D eigenvalue weighted by Gasteiger charge is 2.14. The van der Waals surface area contributed by atoms with Crippen LogP contribution in [0.4, 0.5) is 0 Å². The number of methoxy groups -OCH3 is 1. The van der Waals surface area contributed by atoms with E-state index in [9.17, 15) is 0 Å². The van der Waals surface area contributed by atoms with E-state index in [4.69, 9.17) is 4.74 Å². The molecule has 1 N–H and O–H groups in total. The number of benzene rings is 1. The Morgan fingerprint density at radius 3 is 2.50 bits per heavy atom. The molecule has 0 aliphatic heterocycles. The van der Waals surface area contributed by atoms with Crippen LogP contribution in [0.3, 0.4) is 0 Å². The second-order valence-corrected chi connectivity index (χ2v) is 4.55. The number of nitrogens with one attached hydrogen (secondary N) is 1. The third-order valence-electron chi connectivity index (χ3n) is 2.83. The lowest BCUT2D eigenvalue weighted by molar-refractivity contribution is 0.404. The van der Waals surface area contributed by atoms with Crippen molar-refractivity contribution in [2.75, 3.05) is 19.9 Å². The molecule has 0 saturated heterocycles. The summed E-state index contributed by atoms with van der Waals surface area (Å²) in [6.07, 6.45) is 0. The van der Waals surface area contributed by atoms with Crippen molar-refractivity contribution < 1.29 is 4.74 Å². The Hall–Kier alpha value is -0.670. The number of rotatable bonds is 5. The van der Waals surface area contributed by atoms with E-state index in [0.717, 1.165) is 11.5 Å². The molecule has 1 atom stereocenters. The zero-order valence-corrected chi connectivity index (χ0v) is 11.3. The number of thiol groups is 1. The fraction of sp³-hybridized carbons (Fsp3) is 0.538. The summed E-state index contributed by atoms with van der Waals surface area (Å²) in [6.45, 7) is 4.39. The number of hydrogen-bond donors (Lipinski definition) is 2. The third-order valence-corrected chi connectivity index (χ3v) is 3.19. The minimum absolute atomic E-state index is 0.233. The zero-order chi connectivity index (χ0) is 12.1. The molecule has 0 aliphatic rings. The lowest BCUT2D eigenvalue weighted by Crippen LogP contribution is -2.18. The lowest BCUT2D eigenvalue weighted by Gasteiger charge is -2.19. The van der Waals surface area contributed by atoms with Crippen molar-refractivity contribution in [1.82, 2.24) is 5.32 Å². The van der Waals surface area contributed by atoms with Gasteiger partial charge in [0.2, 0.25) is 0 Å². The van der Waals surface area contributed by atoms with Crippen LogP contribution in [0.5, 0.6) is 5.75 Å². The molecule has 16 heavy (non-hydrogen) atoms. The smallest absolute Gasteiger partial charge is 0.123 e. The van der Waals surface area contributed by atoms with Crippen molar-refractivity contribution in [1.29, 1.82) is 0 Å². The molecular weight excluding hydrogens is 218 g/mol. The summed E-state index contributed by atoms with van der Waals surface area (Å²) in [5, 5.41) is 3.25. The van der Waals surface area contributed by atoms with Gasteiger partial charge >= 0.3 is 0 Å². The fourth-order valence-corrected chi connectivity index (χ4v) is 2.11. The molecule has 0 heterocycles. The van der Waals surface area contributed by atoms with Crippen LogP contribution in [0, 0.1) is 0 Å². The molecule has 0 radical (unpaired) electrons. The highest BCUT2D eigenvalue weighted by Crippen LogP contribution is 2.29. The molecule has 0 aliphatic carbocycles. The molecule has 1 aromatic carbocycles. The van der Waals surface area contributed by atoms with Gasteiger partial charge in [-0.15, -0.1) is 0 Å². The van der Waals surface area contributed by atoms with Gasteiger partial charge in [0, 0.05) is 17.4 Å². The minimum atomic E-state index is 0.233. The first kappa shape index (κ1) is 13.4. The normalized spacial score (nSPS) is 12.9. The molecular formula is C13H21NOS. The predicted molar refractivity (Wildman–Crippen MR) is 72.7 cm³/mol. The van der Waals surface area contributed by atoms with E-state index in [2.05, 4.69) is 43.9 Å². The molecule has 0 saturated carbocycles. The monoisotopic (exact) mass is 239 g/mol. The van der Waals surface area contributed by atoms with E-state index in [0.29, 0.717) is 5.92 Å². The molecule has 3 heteroatoms. The number of hydrogen-bond acceptors (Lipinski definition) is 3. The summed E-state index contributed by atoms with van der Waals surface area (Å²) in [7, 11) is 3.65. The van der Waals surface area contributed by atoms with Crippen LogP contribution in [0.2, 0.25) is 0 Å². The highest BCUT2D eigenvalue weighted by molar-refractivity contribution is 7.80. The Morgan fingerprint density at radius 1 is 1.38 bits per heavy atom. The predicted octanol–water partition coefficient (Wildman–Crippen LogP) is 3.01. The van der Waals surface area contributed by atoms with Gasteiger partial charge in [-0.1, -0.05) is 26.0 Å². The lowest BCUT2D eigenvalue weighted by atomic mass is 9.97. The minimum Gasteiger partial charge on any atom is -0.496 e. The van der Waals surface area contributed by atoms with Crippen LogP contribution in [0.25, 0.3) is 0 Å². The molecule has 1 aromatic rings. The van der Waals surface area contributed by atoms with E-state index in [1.54, 1.807) is 7.11 Å². The maximum Gasteiger partial charge on any atom is 0.123 e. The third kappa shape index (κ3) is 2.92. The van der Waals surface area contributed by atoms with Gasteiger partial charge in [-0.25, -0.2) is 0 Å². The summed E-state index contributed by atoms with van der Waals surface area (Å²) in [5.41, 5.74) is 2.52.